The highest BCUT2D eigenvalue weighted by Crippen LogP contribution is 2.33. The van der Waals surface area contributed by atoms with Gasteiger partial charge >= 0.3 is 0 Å². The topological polar surface area (TPSA) is 39.7 Å². The quantitative estimate of drug-likeness (QED) is 0.881. The second kappa shape index (κ2) is 7.64. The molecule has 2 aromatic rings. The number of hydrogen-bond acceptors (Lipinski definition) is 4. The van der Waals surface area contributed by atoms with Crippen molar-refractivity contribution in [2.24, 2.45) is 0 Å². The summed E-state index contributed by atoms with van der Waals surface area (Å²) in [6.07, 6.45) is 0.929. The first kappa shape index (κ1) is 16.7. The molecule has 1 aliphatic rings. The molecule has 0 radical (unpaired) electrons. The summed E-state index contributed by atoms with van der Waals surface area (Å²) >= 11 is 0. The van der Waals surface area contributed by atoms with Crippen molar-refractivity contribution in [3.8, 4) is 11.5 Å². The molecule has 128 valence electrons. The van der Waals surface area contributed by atoms with Crippen LogP contribution in [0.5, 0.6) is 11.5 Å². The van der Waals surface area contributed by atoms with E-state index in [1.165, 1.54) is 12.1 Å². The minimum Gasteiger partial charge on any atom is -0.497 e. The van der Waals surface area contributed by atoms with Crippen LogP contribution in [0.2, 0.25) is 0 Å². The van der Waals surface area contributed by atoms with Crippen LogP contribution in [0, 0.1) is 5.82 Å². The first-order chi connectivity index (χ1) is 11.7. The molecule has 0 saturated carbocycles. The van der Waals surface area contributed by atoms with Gasteiger partial charge in [-0.15, -0.1) is 0 Å². The Balaban J connectivity index is 2.02. The molecule has 1 heterocycles. The van der Waals surface area contributed by atoms with Crippen LogP contribution in [-0.4, -0.2) is 33.5 Å². The number of methoxy groups -OCH3 is 2. The summed E-state index contributed by atoms with van der Waals surface area (Å²) in [6, 6.07) is 12.4. The molecule has 0 spiro atoms. The zero-order chi connectivity index (χ0) is 16.9. The van der Waals surface area contributed by atoms with Crippen LogP contribution in [0.3, 0.4) is 0 Å². The van der Waals surface area contributed by atoms with E-state index >= 15 is 0 Å². The lowest BCUT2D eigenvalue weighted by Gasteiger charge is -2.25. The third kappa shape index (κ3) is 3.68. The number of rotatable bonds is 6. The summed E-state index contributed by atoms with van der Waals surface area (Å²) in [5.41, 5.74) is 1.75. The smallest absolute Gasteiger partial charge is 0.124 e. The molecule has 1 aliphatic heterocycles. The molecule has 1 fully saturated rings. The van der Waals surface area contributed by atoms with E-state index in [0.717, 1.165) is 29.9 Å². The number of nitrogens with one attached hydrogen (secondary N) is 1. The third-order valence-corrected chi connectivity index (χ3v) is 4.26. The maximum Gasteiger partial charge on any atom is 0.124 e. The minimum absolute atomic E-state index is 0.211. The lowest BCUT2D eigenvalue weighted by molar-refractivity contribution is 0.188. The molecule has 1 saturated heterocycles. The van der Waals surface area contributed by atoms with Crippen molar-refractivity contribution in [1.82, 2.24) is 5.32 Å². The maximum absolute atomic E-state index is 13.9. The van der Waals surface area contributed by atoms with Crippen molar-refractivity contribution in [3.63, 3.8) is 0 Å². The average molecular weight is 331 g/mol. The molecule has 0 bridgehead atoms. The predicted molar refractivity (Wildman–Crippen MR) is 90.1 cm³/mol. The molecular weight excluding hydrogens is 309 g/mol. The van der Waals surface area contributed by atoms with Crippen LogP contribution >= 0.6 is 0 Å². The highest BCUT2D eigenvalue weighted by molar-refractivity contribution is 5.44. The second-order valence-corrected chi connectivity index (χ2v) is 5.82. The van der Waals surface area contributed by atoms with Crippen LogP contribution in [0.1, 0.15) is 23.6 Å². The Hall–Kier alpha value is -2.11. The summed E-state index contributed by atoms with van der Waals surface area (Å²) in [7, 11) is 3.23. The van der Waals surface area contributed by atoms with Gasteiger partial charge in [-0.3, -0.25) is 0 Å². The van der Waals surface area contributed by atoms with Gasteiger partial charge in [0.2, 0.25) is 0 Å². The number of benzene rings is 2. The molecule has 2 aromatic carbocycles. The molecule has 4 nitrogen and oxygen atoms in total. The van der Waals surface area contributed by atoms with Crippen LogP contribution in [0.4, 0.5) is 4.39 Å². The summed E-state index contributed by atoms with van der Waals surface area (Å²) < 4.78 is 30.1. The highest BCUT2D eigenvalue weighted by Gasteiger charge is 2.25. The van der Waals surface area contributed by atoms with Crippen molar-refractivity contribution in [1.29, 1.82) is 0 Å². The summed E-state index contributed by atoms with van der Waals surface area (Å²) in [5.74, 6) is 1.12. The van der Waals surface area contributed by atoms with Gasteiger partial charge in [-0.25, -0.2) is 4.39 Å². The maximum atomic E-state index is 13.9. The third-order valence-electron chi connectivity index (χ3n) is 4.26. The standard InChI is InChI=1S/C19H22FNO3/c1-22-16-5-3-4-13(10-16)19(21-15-8-9-24-12-15)17-11-14(20)6-7-18(17)23-2/h3-7,10-11,15,19,21H,8-9,12H2,1-2H3/t15-,19+/m1/s1. The summed E-state index contributed by atoms with van der Waals surface area (Å²) in [5, 5.41) is 3.57. The molecule has 0 unspecified atom stereocenters. The van der Waals surface area contributed by atoms with Crippen molar-refractivity contribution in [3.05, 3.63) is 59.4 Å². The van der Waals surface area contributed by atoms with Gasteiger partial charge < -0.3 is 19.5 Å². The second-order valence-electron chi connectivity index (χ2n) is 5.82. The zero-order valence-electron chi connectivity index (χ0n) is 13.9. The molecule has 0 amide bonds. The lowest BCUT2D eigenvalue weighted by Crippen LogP contribution is -2.34. The van der Waals surface area contributed by atoms with E-state index in [0.29, 0.717) is 12.4 Å². The Labute approximate surface area is 141 Å². The SMILES string of the molecule is COc1cccc([C@H](N[C@@H]2CCOC2)c2cc(F)ccc2OC)c1. The van der Waals surface area contributed by atoms with Crippen LogP contribution in [-0.2, 0) is 4.74 Å². The van der Waals surface area contributed by atoms with Gasteiger partial charge in [0.25, 0.3) is 0 Å². The summed E-state index contributed by atoms with van der Waals surface area (Å²) in [4.78, 5) is 0. The highest BCUT2D eigenvalue weighted by atomic mass is 19.1. The van der Waals surface area contributed by atoms with E-state index in [1.54, 1.807) is 20.3 Å². The Morgan fingerprint density at radius 2 is 2.04 bits per heavy atom. The van der Waals surface area contributed by atoms with Gasteiger partial charge in [-0.2, -0.15) is 0 Å². The molecule has 2 atom stereocenters. The van der Waals surface area contributed by atoms with E-state index in [1.807, 2.05) is 24.3 Å². The van der Waals surface area contributed by atoms with Crippen molar-refractivity contribution in [2.45, 2.75) is 18.5 Å². The largest absolute Gasteiger partial charge is 0.497 e. The fourth-order valence-corrected chi connectivity index (χ4v) is 3.02. The van der Waals surface area contributed by atoms with E-state index in [4.69, 9.17) is 14.2 Å². The van der Waals surface area contributed by atoms with Crippen LogP contribution < -0.4 is 14.8 Å². The minimum atomic E-state index is -0.289. The first-order valence-electron chi connectivity index (χ1n) is 8.02. The van der Waals surface area contributed by atoms with Crippen molar-refractivity contribution < 1.29 is 18.6 Å². The van der Waals surface area contributed by atoms with Crippen LogP contribution in [0.15, 0.2) is 42.5 Å². The van der Waals surface area contributed by atoms with Gasteiger partial charge in [-0.1, -0.05) is 12.1 Å². The molecule has 3 rings (SSSR count). The van der Waals surface area contributed by atoms with Gasteiger partial charge in [0.1, 0.15) is 17.3 Å². The Morgan fingerprint density at radius 3 is 2.75 bits per heavy atom. The van der Waals surface area contributed by atoms with E-state index < -0.39 is 0 Å². The fraction of sp³-hybridized carbons (Fsp3) is 0.368. The first-order valence-corrected chi connectivity index (χ1v) is 8.02. The Kier molecular flexibility index (Phi) is 5.33. The molecule has 5 heteroatoms. The van der Waals surface area contributed by atoms with E-state index in [-0.39, 0.29) is 17.9 Å². The van der Waals surface area contributed by atoms with Crippen molar-refractivity contribution >= 4 is 0 Å². The number of halogens is 1. The van der Waals surface area contributed by atoms with Crippen LogP contribution in [0.25, 0.3) is 0 Å². The normalized spacial score (nSPS) is 18.4. The average Bonchev–Trinajstić information content (AvgIpc) is 3.13. The Bertz CT molecular complexity index is 686. The van der Waals surface area contributed by atoms with E-state index in [9.17, 15) is 4.39 Å². The molecular formula is C19H22FNO3. The van der Waals surface area contributed by atoms with Gasteiger partial charge in [0, 0.05) is 18.2 Å². The lowest BCUT2D eigenvalue weighted by atomic mass is 9.96. The Morgan fingerprint density at radius 1 is 1.17 bits per heavy atom. The fourth-order valence-electron chi connectivity index (χ4n) is 3.02. The van der Waals surface area contributed by atoms with Gasteiger partial charge in [0.05, 0.1) is 26.9 Å². The van der Waals surface area contributed by atoms with Crippen molar-refractivity contribution in [2.75, 3.05) is 27.4 Å². The van der Waals surface area contributed by atoms with Gasteiger partial charge in [-0.05, 0) is 42.3 Å². The zero-order valence-corrected chi connectivity index (χ0v) is 13.9. The molecule has 24 heavy (non-hydrogen) atoms. The van der Waals surface area contributed by atoms with Gasteiger partial charge in [0.15, 0.2) is 0 Å². The molecule has 0 aliphatic carbocycles. The molecule has 1 N–H and O–H groups in total. The monoisotopic (exact) mass is 331 g/mol. The predicted octanol–water partition coefficient (Wildman–Crippen LogP) is 3.31. The number of hydrogen-bond donors (Lipinski definition) is 1. The molecule has 0 aromatic heterocycles. The summed E-state index contributed by atoms with van der Waals surface area (Å²) in [6.45, 7) is 1.39. The number of ether oxygens (including phenoxy) is 3. The van der Waals surface area contributed by atoms with E-state index in [2.05, 4.69) is 5.32 Å².